The second kappa shape index (κ2) is 5.15. The van der Waals surface area contributed by atoms with Crippen molar-refractivity contribution in [3.63, 3.8) is 0 Å². The largest absolute Gasteiger partial charge is 0.398 e. The molecule has 5 rings (SSSR count). The number of hydrogen-bond acceptors (Lipinski definition) is 6. The first kappa shape index (κ1) is 15.5. The highest BCUT2D eigenvalue weighted by Gasteiger charge is 2.31. The van der Waals surface area contributed by atoms with E-state index in [1.807, 2.05) is 12.1 Å². The maximum absolute atomic E-state index is 12.6. The Kier molecular flexibility index (Phi) is 3.08. The molecule has 0 saturated heterocycles. The van der Waals surface area contributed by atoms with Gasteiger partial charge in [-0.15, -0.1) is 11.3 Å². The van der Waals surface area contributed by atoms with Crippen molar-refractivity contribution in [2.75, 3.05) is 5.32 Å². The van der Waals surface area contributed by atoms with Gasteiger partial charge in [0.15, 0.2) is 9.84 Å². The minimum absolute atomic E-state index is 0.0145. The first-order chi connectivity index (χ1) is 12.4. The van der Waals surface area contributed by atoms with E-state index < -0.39 is 9.84 Å². The number of sulfone groups is 1. The average Bonchev–Trinajstić information content (AvgIpc) is 3.25. The number of nitrogens with two attached hydrogens (primary N) is 1. The van der Waals surface area contributed by atoms with Crippen LogP contribution < -0.4 is 11.1 Å². The van der Waals surface area contributed by atoms with Gasteiger partial charge in [-0.25, -0.2) is 13.4 Å². The summed E-state index contributed by atoms with van der Waals surface area (Å²) in [7, 11) is -3.09. The summed E-state index contributed by atoms with van der Waals surface area (Å²) < 4.78 is 24.6. The number of nitrogens with zero attached hydrogens (tertiary/aromatic N) is 1. The molecule has 0 saturated carbocycles. The highest BCUT2D eigenvalue weighted by molar-refractivity contribution is 7.90. The van der Waals surface area contributed by atoms with E-state index >= 15 is 0 Å². The normalized spacial score (nSPS) is 19.3. The van der Waals surface area contributed by atoms with E-state index in [4.69, 9.17) is 5.73 Å². The maximum Gasteiger partial charge on any atom is 0.258 e. The summed E-state index contributed by atoms with van der Waals surface area (Å²) in [6.07, 6.45) is 0. The summed E-state index contributed by atoms with van der Waals surface area (Å²) in [5.41, 5.74) is 13.4. The molecule has 0 radical (unpaired) electrons. The smallest absolute Gasteiger partial charge is 0.258 e. The summed E-state index contributed by atoms with van der Waals surface area (Å²) in [5.74, 6) is -0.184. The van der Waals surface area contributed by atoms with Gasteiger partial charge in [-0.1, -0.05) is 12.1 Å². The van der Waals surface area contributed by atoms with Crippen LogP contribution >= 0.6 is 11.3 Å². The molecule has 1 amide bonds. The molecule has 0 fully saturated rings. The summed E-state index contributed by atoms with van der Waals surface area (Å²) >= 11 is 1.46. The number of anilines is 1. The molecule has 1 aromatic heterocycles. The van der Waals surface area contributed by atoms with E-state index in [9.17, 15) is 13.2 Å². The van der Waals surface area contributed by atoms with Crippen LogP contribution in [0.5, 0.6) is 0 Å². The molecule has 3 N–H and O–H groups in total. The van der Waals surface area contributed by atoms with Crippen molar-refractivity contribution in [3.05, 3.63) is 58.1 Å². The van der Waals surface area contributed by atoms with Gasteiger partial charge in [0.05, 0.1) is 44.2 Å². The van der Waals surface area contributed by atoms with Crippen molar-refractivity contribution in [2.45, 2.75) is 11.5 Å². The monoisotopic (exact) mass is 383 g/mol. The summed E-state index contributed by atoms with van der Waals surface area (Å²) in [4.78, 5) is 16.9. The lowest BCUT2D eigenvalue weighted by molar-refractivity contribution is -0.110. The van der Waals surface area contributed by atoms with Gasteiger partial charge in [0.2, 0.25) is 0 Å². The van der Waals surface area contributed by atoms with Crippen molar-refractivity contribution in [1.82, 2.24) is 4.98 Å². The topological polar surface area (TPSA) is 102 Å². The van der Waals surface area contributed by atoms with E-state index in [1.54, 1.807) is 23.7 Å². The molecular formula is C18H13N3O3S2. The van der Waals surface area contributed by atoms with Gasteiger partial charge < -0.3 is 11.1 Å². The van der Waals surface area contributed by atoms with Gasteiger partial charge in [-0.3, -0.25) is 4.79 Å². The number of nitrogens with one attached hydrogen (secondary N) is 1. The Hall–Kier alpha value is -2.71. The summed E-state index contributed by atoms with van der Waals surface area (Å²) in [6.45, 7) is 0. The zero-order chi connectivity index (χ0) is 18.1. The zero-order valence-corrected chi connectivity index (χ0v) is 15.1. The number of fused-ring (bicyclic) bond motifs is 4. The first-order valence-corrected chi connectivity index (χ1v) is 10.6. The molecule has 0 bridgehead atoms. The minimum Gasteiger partial charge on any atom is -0.398 e. The lowest BCUT2D eigenvalue weighted by Gasteiger charge is -2.08. The predicted molar refractivity (Wildman–Crippen MR) is 102 cm³/mol. The number of amides is 1. The Balaban J connectivity index is 1.72. The molecule has 0 atom stereocenters. The first-order valence-electron chi connectivity index (χ1n) is 7.93. The van der Waals surface area contributed by atoms with Crippen LogP contribution in [0.2, 0.25) is 0 Å². The quantitative estimate of drug-likeness (QED) is 0.629. The number of thiazole rings is 1. The Morgan fingerprint density at radius 2 is 1.96 bits per heavy atom. The zero-order valence-electron chi connectivity index (χ0n) is 13.4. The lowest BCUT2D eigenvalue weighted by atomic mass is 9.98. The Labute approximate surface area is 153 Å². The third-order valence-corrected chi connectivity index (χ3v) is 7.12. The van der Waals surface area contributed by atoms with Crippen LogP contribution in [0.25, 0.3) is 21.5 Å². The SMILES string of the molecule is N/C(=C1/C(=O)Nc2ccc3ncsc3c21)c1ccc2c(c1)CS(=O)(=O)C2. The number of benzene rings is 2. The molecule has 0 aliphatic carbocycles. The number of rotatable bonds is 1. The average molecular weight is 383 g/mol. The van der Waals surface area contributed by atoms with Crippen LogP contribution in [-0.4, -0.2) is 19.3 Å². The van der Waals surface area contributed by atoms with E-state index in [-0.39, 0.29) is 17.4 Å². The van der Waals surface area contributed by atoms with E-state index in [2.05, 4.69) is 10.3 Å². The maximum atomic E-state index is 12.6. The molecule has 2 aliphatic heterocycles. The van der Waals surface area contributed by atoms with Gasteiger partial charge >= 0.3 is 0 Å². The van der Waals surface area contributed by atoms with E-state index in [0.29, 0.717) is 22.5 Å². The van der Waals surface area contributed by atoms with Crippen molar-refractivity contribution < 1.29 is 13.2 Å². The van der Waals surface area contributed by atoms with Crippen LogP contribution in [0.3, 0.4) is 0 Å². The third-order valence-electron chi connectivity index (χ3n) is 4.76. The summed E-state index contributed by atoms with van der Waals surface area (Å²) in [5, 5.41) is 2.85. The van der Waals surface area contributed by atoms with Gasteiger partial charge in [-0.2, -0.15) is 0 Å². The van der Waals surface area contributed by atoms with E-state index in [1.165, 1.54) is 11.3 Å². The summed E-state index contributed by atoms with van der Waals surface area (Å²) in [6, 6.07) is 9.03. The molecule has 2 aliphatic rings. The second-order valence-corrected chi connectivity index (χ2v) is 9.37. The molecule has 3 aromatic rings. The Bertz CT molecular complexity index is 1260. The lowest BCUT2D eigenvalue weighted by Crippen LogP contribution is -2.10. The fraction of sp³-hybridized carbons (Fsp3) is 0.111. The molecule has 26 heavy (non-hydrogen) atoms. The molecule has 0 spiro atoms. The highest BCUT2D eigenvalue weighted by Crippen LogP contribution is 2.41. The highest BCUT2D eigenvalue weighted by atomic mass is 32.2. The molecule has 3 heterocycles. The predicted octanol–water partition coefficient (Wildman–Crippen LogP) is 2.50. The van der Waals surface area contributed by atoms with Crippen molar-refractivity contribution in [3.8, 4) is 0 Å². The Morgan fingerprint density at radius 1 is 1.15 bits per heavy atom. The molecule has 6 nitrogen and oxygen atoms in total. The number of carbonyl (C=O) groups is 1. The molecule has 130 valence electrons. The van der Waals surface area contributed by atoms with Crippen LogP contribution in [-0.2, 0) is 26.1 Å². The van der Waals surface area contributed by atoms with Gasteiger partial charge in [0, 0.05) is 5.56 Å². The number of carbonyl (C=O) groups excluding carboxylic acids is 1. The second-order valence-electron chi connectivity index (χ2n) is 6.45. The van der Waals surface area contributed by atoms with Gasteiger partial charge in [-0.05, 0) is 34.9 Å². The third kappa shape index (κ3) is 2.19. The number of aromatic nitrogens is 1. The fourth-order valence-corrected chi connectivity index (χ4v) is 6.02. The molecule has 0 unspecified atom stereocenters. The van der Waals surface area contributed by atoms with Crippen molar-refractivity contribution in [2.24, 2.45) is 5.73 Å². The Morgan fingerprint density at radius 3 is 2.81 bits per heavy atom. The fourth-order valence-electron chi connectivity index (χ4n) is 3.57. The molecule has 8 heteroatoms. The van der Waals surface area contributed by atoms with Crippen LogP contribution in [0, 0.1) is 0 Å². The van der Waals surface area contributed by atoms with Crippen molar-refractivity contribution in [1.29, 1.82) is 0 Å². The standard InChI is InChI=1S/C18H13N3O3S2/c19-16(9-1-2-10-6-26(23,24)7-11(10)5-9)15-14-12(21-18(15)22)3-4-13-17(14)25-8-20-13/h1-5,8H,6-7,19H2,(H,21,22)/b16-15+. The van der Waals surface area contributed by atoms with Crippen LogP contribution in [0.4, 0.5) is 5.69 Å². The van der Waals surface area contributed by atoms with Crippen LogP contribution in [0.1, 0.15) is 22.3 Å². The molecular weight excluding hydrogens is 370 g/mol. The number of hydrogen-bond donors (Lipinski definition) is 2. The van der Waals surface area contributed by atoms with Gasteiger partial charge in [0.1, 0.15) is 0 Å². The van der Waals surface area contributed by atoms with Crippen LogP contribution in [0.15, 0.2) is 35.8 Å². The van der Waals surface area contributed by atoms with Crippen molar-refractivity contribution >= 4 is 54.3 Å². The minimum atomic E-state index is -3.09. The van der Waals surface area contributed by atoms with Gasteiger partial charge in [0.25, 0.3) is 5.91 Å². The molecule has 2 aromatic carbocycles. The van der Waals surface area contributed by atoms with E-state index in [0.717, 1.165) is 26.9 Å².